The predicted molar refractivity (Wildman–Crippen MR) is 112 cm³/mol. The van der Waals surface area contributed by atoms with Gasteiger partial charge in [-0.3, -0.25) is 14.6 Å². The third-order valence-electron chi connectivity index (χ3n) is 4.69. The molecular weight excluding hydrogens is 352 g/mol. The van der Waals surface area contributed by atoms with Crippen molar-refractivity contribution in [3.05, 3.63) is 65.7 Å². The van der Waals surface area contributed by atoms with Crippen LogP contribution in [0.2, 0.25) is 0 Å². The molecule has 1 amide bonds. The molecule has 0 radical (unpaired) electrons. The molecule has 0 atom stereocenters. The first-order chi connectivity index (χ1) is 13.7. The van der Waals surface area contributed by atoms with Crippen LogP contribution < -0.4 is 10.2 Å². The number of piperazine rings is 1. The lowest BCUT2D eigenvalue weighted by Crippen LogP contribution is -2.48. The Morgan fingerprint density at radius 3 is 2.46 bits per heavy atom. The number of hydrogen-bond donors (Lipinski definition) is 1. The first-order valence-corrected chi connectivity index (χ1v) is 9.77. The minimum Gasteiger partial charge on any atom is -0.493 e. The average Bonchev–Trinajstić information content (AvgIpc) is 2.72. The van der Waals surface area contributed by atoms with Crippen LogP contribution in [-0.2, 0) is 11.3 Å². The molecule has 0 spiro atoms. The lowest BCUT2D eigenvalue weighted by atomic mass is 10.2. The average molecular weight is 380 g/mol. The molecule has 1 aliphatic heterocycles. The van der Waals surface area contributed by atoms with Crippen LogP contribution in [0.3, 0.4) is 0 Å². The monoisotopic (exact) mass is 380 g/mol. The van der Waals surface area contributed by atoms with Crippen molar-refractivity contribution >= 4 is 12.1 Å². The van der Waals surface area contributed by atoms with Gasteiger partial charge in [-0.05, 0) is 24.6 Å². The highest BCUT2D eigenvalue weighted by molar-refractivity contribution is 5.85. The normalized spacial score (nSPS) is 15.6. The van der Waals surface area contributed by atoms with E-state index in [1.165, 1.54) is 5.56 Å². The van der Waals surface area contributed by atoms with E-state index < -0.39 is 0 Å². The van der Waals surface area contributed by atoms with E-state index in [0.717, 1.165) is 44.0 Å². The zero-order chi connectivity index (χ0) is 19.6. The predicted octanol–water partition coefficient (Wildman–Crippen LogP) is 2.35. The van der Waals surface area contributed by atoms with E-state index >= 15 is 0 Å². The molecule has 28 heavy (non-hydrogen) atoms. The van der Waals surface area contributed by atoms with Crippen LogP contribution in [0.1, 0.15) is 18.1 Å². The van der Waals surface area contributed by atoms with Crippen LogP contribution in [0.4, 0.5) is 0 Å². The summed E-state index contributed by atoms with van der Waals surface area (Å²) in [7, 11) is 0. The second-order valence-corrected chi connectivity index (χ2v) is 6.80. The standard InChI is InChI=1S/C22H28N4O2/c1-2-28-21-11-7-6-10-20(21)16-23-24-22(27)18-26-14-12-25(13-15-26)17-19-8-4-3-5-9-19/h3-11,16H,2,12-15,17-18H2,1H3,(H,24,27)/b23-16-. The second-order valence-electron chi connectivity index (χ2n) is 6.80. The summed E-state index contributed by atoms with van der Waals surface area (Å²) in [5.41, 5.74) is 4.79. The van der Waals surface area contributed by atoms with Crippen molar-refractivity contribution in [1.29, 1.82) is 0 Å². The fourth-order valence-electron chi connectivity index (χ4n) is 3.23. The van der Waals surface area contributed by atoms with E-state index in [0.29, 0.717) is 13.2 Å². The minimum absolute atomic E-state index is 0.0957. The number of ether oxygens (including phenoxy) is 1. The van der Waals surface area contributed by atoms with Gasteiger partial charge in [0.05, 0.1) is 19.4 Å². The highest BCUT2D eigenvalue weighted by Gasteiger charge is 2.18. The number of rotatable bonds is 8. The van der Waals surface area contributed by atoms with Crippen molar-refractivity contribution in [2.24, 2.45) is 5.10 Å². The third-order valence-corrected chi connectivity index (χ3v) is 4.69. The maximum absolute atomic E-state index is 12.2. The van der Waals surface area contributed by atoms with E-state index in [4.69, 9.17) is 4.74 Å². The van der Waals surface area contributed by atoms with Crippen molar-refractivity contribution in [1.82, 2.24) is 15.2 Å². The summed E-state index contributed by atoms with van der Waals surface area (Å²) in [6, 6.07) is 18.1. The SMILES string of the molecule is CCOc1ccccc1/C=N\NC(=O)CN1CCN(Cc2ccccc2)CC1. The quantitative estimate of drug-likeness (QED) is 0.564. The van der Waals surface area contributed by atoms with Gasteiger partial charge in [0.15, 0.2) is 0 Å². The number of carbonyl (C=O) groups excluding carboxylic acids is 1. The number of benzene rings is 2. The molecule has 2 aromatic carbocycles. The zero-order valence-corrected chi connectivity index (χ0v) is 16.4. The highest BCUT2D eigenvalue weighted by Crippen LogP contribution is 2.15. The van der Waals surface area contributed by atoms with E-state index in [2.05, 4.69) is 44.6 Å². The lowest BCUT2D eigenvalue weighted by molar-refractivity contribution is -0.122. The second kappa shape index (κ2) is 10.6. The first-order valence-electron chi connectivity index (χ1n) is 9.77. The lowest BCUT2D eigenvalue weighted by Gasteiger charge is -2.34. The maximum atomic E-state index is 12.2. The Bertz CT molecular complexity index is 771. The number of para-hydroxylation sites is 1. The molecule has 1 heterocycles. The third kappa shape index (κ3) is 6.18. The fraction of sp³-hybridized carbons (Fsp3) is 0.364. The molecule has 6 heteroatoms. The Hall–Kier alpha value is -2.70. The van der Waals surface area contributed by atoms with Gasteiger partial charge in [-0.15, -0.1) is 0 Å². The number of nitrogens with one attached hydrogen (secondary N) is 1. The number of amides is 1. The Morgan fingerprint density at radius 2 is 1.71 bits per heavy atom. The Kier molecular flexibility index (Phi) is 7.58. The molecular formula is C22H28N4O2. The van der Waals surface area contributed by atoms with Crippen LogP contribution in [0.15, 0.2) is 59.7 Å². The van der Waals surface area contributed by atoms with Crippen molar-refractivity contribution < 1.29 is 9.53 Å². The minimum atomic E-state index is -0.0957. The summed E-state index contributed by atoms with van der Waals surface area (Å²) >= 11 is 0. The summed E-state index contributed by atoms with van der Waals surface area (Å²) in [5, 5.41) is 4.08. The fourth-order valence-corrected chi connectivity index (χ4v) is 3.23. The molecule has 0 aliphatic carbocycles. The van der Waals surface area contributed by atoms with Crippen molar-refractivity contribution in [2.75, 3.05) is 39.3 Å². The van der Waals surface area contributed by atoms with E-state index in [1.54, 1.807) is 6.21 Å². The van der Waals surface area contributed by atoms with Gasteiger partial charge < -0.3 is 4.74 Å². The topological polar surface area (TPSA) is 57.2 Å². The molecule has 1 aliphatic rings. The van der Waals surface area contributed by atoms with Crippen molar-refractivity contribution in [3.8, 4) is 5.75 Å². The molecule has 0 saturated carbocycles. The Morgan fingerprint density at radius 1 is 1.04 bits per heavy atom. The van der Waals surface area contributed by atoms with Crippen LogP contribution >= 0.6 is 0 Å². The van der Waals surface area contributed by atoms with Gasteiger partial charge in [-0.2, -0.15) is 5.10 Å². The van der Waals surface area contributed by atoms with Gasteiger partial charge in [-0.1, -0.05) is 42.5 Å². The molecule has 0 bridgehead atoms. The van der Waals surface area contributed by atoms with Gasteiger partial charge in [-0.25, -0.2) is 5.43 Å². The summed E-state index contributed by atoms with van der Waals surface area (Å²) in [6.45, 7) is 7.56. The molecule has 148 valence electrons. The van der Waals surface area contributed by atoms with E-state index in [1.807, 2.05) is 37.3 Å². The number of hydrogen-bond acceptors (Lipinski definition) is 5. The molecule has 0 unspecified atom stereocenters. The van der Waals surface area contributed by atoms with Gasteiger partial charge in [0.25, 0.3) is 5.91 Å². The van der Waals surface area contributed by atoms with E-state index in [-0.39, 0.29) is 5.91 Å². The molecule has 3 rings (SSSR count). The van der Waals surface area contributed by atoms with Crippen molar-refractivity contribution in [2.45, 2.75) is 13.5 Å². The molecule has 1 N–H and O–H groups in total. The zero-order valence-electron chi connectivity index (χ0n) is 16.4. The number of carbonyl (C=O) groups is 1. The van der Waals surface area contributed by atoms with Crippen LogP contribution in [0.25, 0.3) is 0 Å². The van der Waals surface area contributed by atoms with Crippen LogP contribution in [-0.4, -0.2) is 61.3 Å². The first kappa shape index (κ1) is 20.0. The summed E-state index contributed by atoms with van der Waals surface area (Å²) in [6.07, 6.45) is 1.63. The number of nitrogens with zero attached hydrogens (tertiary/aromatic N) is 3. The maximum Gasteiger partial charge on any atom is 0.254 e. The van der Waals surface area contributed by atoms with Gasteiger partial charge in [0.2, 0.25) is 0 Å². The van der Waals surface area contributed by atoms with Gasteiger partial charge in [0, 0.05) is 38.3 Å². The number of hydrazone groups is 1. The molecule has 1 fully saturated rings. The molecule has 1 saturated heterocycles. The van der Waals surface area contributed by atoms with Gasteiger partial charge in [0.1, 0.15) is 5.75 Å². The van der Waals surface area contributed by atoms with E-state index in [9.17, 15) is 4.79 Å². The Balaban J connectivity index is 1.40. The van der Waals surface area contributed by atoms with Crippen LogP contribution in [0, 0.1) is 0 Å². The molecule has 2 aromatic rings. The largest absolute Gasteiger partial charge is 0.493 e. The summed E-state index contributed by atoms with van der Waals surface area (Å²) < 4.78 is 5.55. The van der Waals surface area contributed by atoms with Crippen LogP contribution in [0.5, 0.6) is 5.75 Å². The molecule has 6 nitrogen and oxygen atoms in total. The summed E-state index contributed by atoms with van der Waals surface area (Å²) in [5.74, 6) is 0.666. The van der Waals surface area contributed by atoms with Crippen molar-refractivity contribution in [3.63, 3.8) is 0 Å². The van der Waals surface area contributed by atoms with Gasteiger partial charge >= 0.3 is 0 Å². The Labute approximate surface area is 166 Å². The molecule has 0 aromatic heterocycles. The smallest absolute Gasteiger partial charge is 0.254 e. The summed E-state index contributed by atoms with van der Waals surface area (Å²) in [4.78, 5) is 16.8. The highest BCUT2D eigenvalue weighted by atomic mass is 16.5.